The van der Waals surface area contributed by atoms with Crippen molar-refractivity contribution in [3.8, 4) is 11.5 Å². The van der Waals surface area contributed by atoms with Crippen LogP contribution < -0.4 is 4.74 Å². The summed E-state index contributed by atoms with van der Waals surface area (Å²) in [5.74, 6) is -2.38. The maximum atomic E-state index is 13.8. The fourth-order valence-corrected chi connectivity index (χ4v) is 1.86. The first-order chi connectivity index (χ1) is 7.53. The Bertz CT molecular complexity index is 452. The zero-order valence-electron chi connectivity index (χ0n) is 8.66. The quantitative estimate of drug-likeness (QED) is 0.822. The number of phenols is 1. The summed E-state index contributed by atoms with van der Waals surface area (Å²) in [7, 11) is 1.34. The molecule has 0 atom stereocenters. The molecule has 1 aliphatic carbocycles. The van der Waals surface area contributed by atoms with Crippen molar-refractivity contribution in [3.05, 3.63) is 23.5 Å². The van der Waals surface area contributed by atoms with Gasteiger partial charge in [-0.3, -0.25) is 4.79 Å². The van der Waals surface area contributed by atoms with Crippen LogP contribution in [0.1, 0.15) is 18.4 Å². The Morgan fingerprint density at radius 3 is 2.56 bits per heavy atom. The molecule has 0 spiro atoms. The van der Waals surface area contributed by atoms with E-state index in [1.54, 1.807) is 0 Å². The van der Waals surface area contributed by atoms with Crippen LogP contribution in [-0.2, 0) is 10.2 Å². The summed E-state index contributed by atoms with van der Waals surface area (Å²) >= 11 is 0. The zero-order valence-corrected chi connectivity index (χ0v) is 8.66. The second-order valence-corrected chi connectivity index (χ2v) is 3.86. The topological polar surface area (TPSA) is 66.8 Å². The number of phenolic OH excluding ortho intramolecular Hbond substituents is 1. The highest BCUT2D eigenvalue weighted by atomic mass is 19.1. The van der Waals surface area contributed by atoms with Gasteiger partial charge in [0.1, 0.15) is 5.75 Å². The Hall–Kier alpha value is -1.78. The van der Waals surface area contributed by atoms with E-state index in [9.17, 15) is 14.3 Å². The monoisotopic (exact) mass is 226 g/mol. The van der Waals surface area contributed by atoms with Crippen molar-refractivity contribution < 1.29 is 24.1 Å². The summed E-state index contributed by atoms with van der Waals surface area (Å²) in [6.45, 7) is 0. The second-order valence-electron chi connectivity index (χ2n) is 3.86. The lowest BCUT2D eigenvalue weighted by Gasteiger charge is -2.16. The lowest BCUT2D eigenvalue weighted by molar-refractivity contribution is -0.140. The number of halogens is 1. The Balaban J connectivity index is 2.63. The molecule has 0 bridgehead atoms. The first-order valence-corrected chi connectivity index (χ1v) is 4.82. The van der Waals surface area contributed by atoms with Crippen molar-refractivity contribution in [2.45, 2.75) is 18.3 Å². The van der Waals surface area contributed by atoms with Gasteiger partial charge in [-0.2, -0.15) is 0 Å². The third-order valence-electron chi connectivity index (χ3n) is 2.94. The third kappa shape index (κ3) is 1.31. The molecule has 0 saturated heterocycles. The molecule has 5 heteroatoms. The van der Waals surface area contributed by atoms with Crippen molar-refractivity contribution in [1.82, 2.24) is 0 Å². The highest BCUT2D eigenvalue weighted by Gasteiger charge is 2.55. The van der Waals surface area contributed by atoms with E-state index in [1.807, 2.05) is 0 Å². The largest absolute Gasteiger partial charge is 0.505 e. The second kappa shape index (κ2) is 3.37. The first kappa shape index (κ1) is 10.7. The summed E-state index contributed by atoms with van der Waals surface area (Å²) in [6.07, 6.45) is 0.720. The van der Waals surface area contributed by atoms with E-state index in [0.717, 1.165) is 6.07 Å². The number of carboxylic acid groups (broad SMARTS) is 1. The van der Waals surface area contributed by atoms with Gasteiger partial charge < -0.3 is 14.9 Å². The third-order valence-corrected chi connectivity index (χ3v) is 2.94. The minimum atomic E-state index is -1.23. The van der Waals surface area contributed by atoms with E-state index in [0.29, 0.717) is 12.8 Å². The van der Waals surface area contributed by atoms with Gasteiger partial charge in [0.2, 0.25) is 0 Å². The molecule has 1 aromatic rings. The molecular formula is C11H11FO4. The van der Waals surface area contributed by atoms with Crippen LogP contribution in [0.4, 0.5) is 4.39 Å². The molecule has 16 heavy (non-hydrogen) atoms. The van der Waals surface area contributed by atoms with Crippen LogP contribution in [0.3, 0.4) is 0 Å². The highest BCUT2D eigenvalue weighted by Crippen LogP contribution is 2.53. The fourth-order valence-electron chi connectivity index (χ4n) is 1.86. The molecule has 86 valence electrons. The maximum absolute atomic E-state index is 13.8. The van der Waals surface area contributed by atoms with Gasteiger partial charge in [-0.05, 0) is 25.0 Å². The Kier molecular flexibility index (Phi) is 2.26. The molecule has 4 nitrogen and oxygen atoms in total. The molecule has 0 unspecified atom stereocenters. The van der Waals surface area contributed by atoms with Crippen LogP contribution in [0.5, 0.6) is 11.5 Å². The van der Waals surface area contributed by atoms with Crippen molar-refractivity contribution in [2.24, 2.45) is 0 Å². The molecule has 0 aliphatic heterocycles. The molecule has 1 aromatic carbocycles. The number of methoxy groups -OCH3 is 1. The number of ether oxygens (including phenoxy) is 1. The van der Waals surface area contributed by atoms with Gasteiger partial charge in [-0.15, -0.1) is 0 Å². The molecule has 2 rings (SSSR count). The molecule has 0 amide bonds. The summed E-state index contributed by atoms with van der Waals surface area (Å²) in [5.41, 5.74) is -1.28. The minimum absolute atomic E-state index is 0.0532. The fraction of sp³-hybridized carbons (Fsp3) is 0.364. The normalized spacial score (nSPS) is 16.9. The molecule has 0 aromatic heterocycles. The summed E-state index contributed by atoms with van der Waals surface area (Å²) in [6, 6.07) is 2.52. The van der Waals surface area contributed by atoms with Gasteiger partial charge in [-0.25, -0.2) is 4.39 Å². The number of carboxylic acids is 1. The minimum Gasteiger partial charge on any atom is -0.505 e. The standard InChI is InChI=1S/C11H11FO4/c1-16-7-3-2-6(13)9(12)8(7)11(4-5-11)10(14)15/h2-3,13H,4-5H2,1H3,(H,14,15). The van der Waals surface area contributed by atoms with Crippen LogP contribution in [0, 0.1) is 5.82 Å². The lowest BCUT2D eigenvalue weighted by atomic mass is 9.94. The molecule has 1 saturated carbocycles. The highest BCUT2D eigenvalue weighted by molar-refractivity contribution is 5.86. The smallest absolute Gasteiger partial charge is 0.314 e. The summed E-state index contributed by atoms with van der Waals surface area (Å²) < 4.78 is 18.7. The van der Waals surface area contributed by atoms with Crippen LogP contribution in [0.25, 0.3) is 0 Å². The van der Waals surface area contributed by atoms with Gasteiger partial charge in [0.15, 0.2) is 11.6 Å². The molecule has 0 heterocycles. The van der Waals surface area contributed by atoms with Crippen molar-refractivity contribution in [3.63, 3.8) is 0 Å². The number of aromatic hydroxyl groups is 1. The molecule has 0 radical (unpaired) electrons. The zero-order chi connectivity index (χ0) is 11.9. The van der Waals surface area contributed by atoms with Gasteiger partial charge in [-0.1, -0.05) is 0 Å². The van der Waals surface area contributed by atoms with E-state index in [1.165, 1.54) is 13.2 Å². The van der Waals surface area contributed by atoms with Crippen molar-refractivity contribution in [2.75, 3.05) is 7.11 Å². The van der Waals surface area contributed by atoms with Crippen molar-refractivity contribution in [1.29, 1.82) is 0 Å². The number of carbonyl (C=O) groups is 1. The number of hydrogen-bond acceptors (Lipinski definition) is 3. The predicted molar refractivity (Wildman–Crippen MR) is 53.2 cm³/mol. The van der Waals surface area contributed by atoms with Crippen LogP contribution in [0.2, 0.25) is 0 Å². The summed E-state index contributed by atoms with van der Waals surface area (Å²) in [4.78, 5) is 11.1. The Labute approximate surface area is 91.3 Å². The molecule has 2 N–H and O–H groups in total. The van der Waals surface area contributed by atoms with E-state index in [-0.39, 0.29) is 11.3 Å². The summed E-state index contributed by atoms with van der Waals surface area (Å²) in [5, 5.41) is 18.4. The van der Waals surface area contributed by atoms with Gasteiger partial charge in [0.25, 0.3) is 0 Å². The first-order valence-electron chi connectivity index (χ1n) is 4.82. The SMILES string of the molecule is COc1ccc(O)c(F)c1C1(C(=O)O)CC1. The molecule has 1 fully saturated rings. The number of benzene rings is 1. The average Bonchev–Trinajstić information content (AvgIpc) is 3.03. The number of aliphatic carboxylic acids is 1. The van der Waals surface area contributed by atoms with Crippen LogP contribution in [0.15, 0.2) is 12.1 Å². The van der Waals surface area contributed by atoms with E-state index in [2.05, 4.69) is 0 Å². The average molecular weight is 226 g/mol. The number of hydrogen-bond donors (Lipinski definition) is 2. The lowest BCUT2D eigenvalue weighted by Crippen LogP contribution is -2.22. The van der Waals surface area contributed by atoms with Crippen LogP contribution in [-0.4, -0.2) is 23.3 Å². The van der Waals surface area contributed by atoms with Crippen molar-refractivity contribution >= 4 is 5.97 Å². The molecule has 1 aliphatic rings. The Morgan fingerprint density at radius 1 is 1.50 bits per heavy atom. The van der Waals surface area contributed by atoms with Gasteiger partial charge >= 0.3 is 5.97 Å². The Morgan fingerprint density at radius 2 is 2.12 bits per heavy atom. The van der Waals surface area contributed by atoms with E-state index >= 15 is 0 Å². The number of rotatable bonds is 3. The molecular weight excluding hydrogens is 215 g/mol. The van der Waals surface area contributed by atoms with E-state index < -0.39 is 23.0 Å². The van der Waals surface area contributed by atoms with Crippen LogP contribution >= 0.6 is 0 Å². The van der Waals surface area contributed by atoms with E-state index in [4.69, 9.17) is 9.84 Å². The predicted octanol–water partition coefficient (Wildman–Crippen LogP) is 1.66. The maximum Gasteiger partial charge on any atom is 0.314 e. The van der Waals surface area contributed by atoms with Gasteiger partial charge in [0.05, 0.1) is 18.1 Å². The van der Waals surface area contributed by atoms with Gasteiger partial charge in [0, 0.05) is 0 Å².